The third-order valence-electron chi connectivity index (χ3n) is 8.00. The maximum atomic E-state index is 5.02. The molecule has 2 aliphatic carbocycles. The molecule has 7 aromatic rings. The molecule has 0 spiro atoms. The van der Waals surface area contributed by atoms with Crippen LogP contribution < -0.4 is 0 Å². The van der Waals surface area contributed by atoms with Gasteiger partial charge in [0.2, 0.25) is 0 Å². The monoisotopic (exact) mass is 446 g/mol. The molecule has 4 aromatic heterocycles. The zero-order valence-corrected chi connectivity index (χ0v) is 18.8. The molecule has 9 rings (SSSR count). The number of aromatic nitrogens is 4. The van der Waals surface area contributed by atoms with Crippen LogP contribution >= 0.6 is 0 Å². The number of fused-ring (bicyclic) bond motifs is 15. The minimum absolute atomic E-state index is 0.907. The highest BCUT2D eigenvalue weighted by Crippen LogP contribution is 2.47. The lowest BCUT2D eigenvalue weighted by Crippen LogP contribution is -1.95. The molecular weight excluding hydrogens is 428 g/mol. The smallest absolute Gasteiger partial charge is 0.146 e. The van der Waals surface area contributed by atoms with Crippen molar-refractivity contribution in [1.29, 1.82) is 0 Å². The number of hydrogen-bond donors (Lipinski definition) is 0. The van der Waals surface area contributed by atoms with Crippen LogP contribution in [0.1, 0.15) is 22.3 Å². The average molecular weight is 447 g/mol. The molecule has 4 nitrogen and oxygen atoms in total. The van der Waals surface area contributed by atoms with Crippen LogP contribution in [0.4, 0.5) is 0 Å². The van der Waals surface area contributed by atoms with Gasteiger partial charge in [-0.1, -0.05) is 30.3 Å². The van der Waals surface area contributed by atoms with E-state index >= 15 is 0 Å². The van der Waals surface area contributed by atoms with Gasteiger partial charge in [0.15, 0.2) is 0 Å². The molecule has 2 aliphatic rings. The van der Waals surface area contributed by atoms with Gasteiger partial charge in [-0.2, -0.15) is 0 Å². The van der Waals surface area contributed by atoms with Gasteiger partial charge < -0.3 is 0 Å². The minimum Gasteiger partial charge on any atom is -0.290 e. The second-order valence-electron chi connectivity index (χ2n) is 9.72. The van der Waals surface area contributed by atoms with Crippen molar-refractivity contribution in [3.05, 3.63) is 108 Å². The van der Waals surface area contributed by atoms with Gasteiger partial charge in [0.1, 0.15) is 11.2 Å². The third-order valence-corrected chi connectivity index (χ3v) is 8.00. The van der Waals surface area contributed by atoms with Gasteiger partial charge in [0, 0.05) is 23.2 Å². The lowest BCUT2D eigenvalue weighted by atomic mass is 9.96. The summed E-state index contributed by atoms with van der Waals surface area (Å²) < 4.78 is 2.24. The van der Waals surface area contributed by atoms with Crippen molar-refractivity contribution < 1.29 is 0 Å². The first-order valence-electron chi connectivity index (χ1n) is 12.0. The summed E-state index contributed by atoms with van der Waals surface area (Å²) in [6.07, 6.45) is 9.51. The molecule has 0 atom stereocenters. The van der Waals surface area contributed by atoms with E-state index in [0.717, 1.165) is 35.0 Å². The molecule has 4 heteroatoms. The molecular formula is C31H18N4. The summed E-state index contributed by atoms with van der Waals surface area (Å²) in [6.45, 7) is 0. The normalized spacial score (nSPS) is 13.5. The quantitative estimate of drug-likeness (QED) is 0.243. The molecule has 0 aliphatic heterocycles. The largest absolute Gasteiger partial charge is 0.290 e. The van der Waals surface area contributed by atoms with E-state index in [1.54, 1.807) is 0 Å². The Hall–Kier alpha value is -4.57. The summed E-state index contributed by atoms with van der Waals surface area (Å²) in [7, 11) is 0. The van der Waals surface area contributed by atoms with Crippen molar-refractivity contribution >= 4 is 38.4 Å². The third kappa shape index (κ3) is 2.15. The molecule has 35 heavy (non-hydrogen) atoms. The van der Waals surface area contributed by atoms with Crippen LogP contribution in [0.25, 0.3) is 60.6 Å². The summed E-state index contributed by atoms with van der Waals surface area (Å²) in [4.78, 5) is 13.8. The number of hydrogen-bond acceptors (Lipinski definition) is 3. The van der Waals surface area contributed by atoms with Crippen molar-refractivity contribution in [2.75, 3.05) is 0 Å². The first-order chi connectivity index (χ1) is 17.3. The van der Waals surface area contributed by atoms with E-state index in [9.17, 15) is 0 Å². The second-order valence-corrected chi connectivity index (χ2v) is 9.72. The van der Waals surface area contributed by atoms with Gasteiger partial charge >= 0.3 is 0 Å². The summed E-state index contributed by atoms with van der Waals surface area (Å²) in [5, 5.41) is 3.71. The van der Waals surface area contributed by atoms with Crippen LogP contribution in [-0.4, -0.2) is 19.4 Å². The van der Waals surface area contributed by atoms with E-state index < -0.39 is 0 Å². The van der Waals surface area contributed by atoms with E-state index in [4.69, 9.17) is 4.98 Å². The molecule has 0 unspecified atom stereocenters. The highest BCUT2D eigenvalue weighted by atomic mass is 15.0. The molecule has 4 heterocycles. The predicted molar refractivity (Wildman–Crippen MR) is 140 cm³/mol. The molecule has 0 saturated carbocycles. The van der Waals surface area contributed by atoms with Crippen LogP contribution in [0.3, 0.4) is 0 Å². The van der Waals surface area contributed by atoms with Gasteiger partial charge in [0.05, 0.1) is 23.4 Å². The Kier molecular flexibility index (Phi) is 3.11. The van der Waals surface area contributed by atoms with Crippen molar-refractivity contribution in [3.63, 3.8) is 0 Å². The molecule has 0 bridgehead atoms. The van der Waals surface area contributed by atoms with Gasteiger partial charge in [-0.25, -0.2) is 4.98 Å². The zero-order valence-electron chi connectivity index (χ0n) is 18.8. The lowest BCUT2D eigenvalue weighted by molar-refractivity contribution is 1.24. The van der Waals surface area contributed by atoms with Crippen molar-refractivity contribution in [1.82, 2.24) is 19.4 Å². The van der Waals surface area contributed by atoms with Gasteiger partial charge in [-0.15, -0.1) is 0 Å². The van der Waals surface area contributed by atoms with Crippen LogP contribution in [0, 0.1) is 0 Å². The van der Waals surface area contributed by atoms with E-state index in [-0.39, 0.29) is 0 Å². The number of nitrogens with zero attached hydrogens (tertiary/aromatic N) is 4. The lowest BCUT2D eigenvalue weighted by Gasteiger charge is -2.12. The Balaban J connectivity index is 1.38. The topological polar surface area (TPSA) is 43.1 Å². The molecule has 0 amide bonds. The summed E-state index contributed by atoms with van der Waals surface area (Å²) in [5.41, 5.74) is 15.3. The standard InChI is InChI=1S/C31H18N4/c1-2-4-20-17(3-1)11-18-12-25-19(13-24(18)20)14-26-21(25)5-6-23-30(26)22-7-9-33-16-29(22)35-28-8-10-32-15-27(28)34-31(23)35/h1-10,12-13,15-16H,11,14H2. The van der Waals surface area contributed by atoms with Crippen molar-refractivity contribution in [2.45, 2.75) is 12.8 Å². The second kappa shape index (κ2) is 6.10. The number of pyridine rings is 3. The Morgan fingerprint density at radius 3 is 2.43 bits per heavy atom. The van der Waals surface area contributed by atoms with Gasteiger partial charge in [-0.3, -0.25) is 14.4 Å². The molecule has 0 N–H and O–H groups in total. The summed E-state index contributed by atoms with van der Waals surface area (Å²) in [6, 6.07) is 22.5. The van der Waals surface area contributed by atoms with Crippen LogP contribution in [0.5, 0.6) is 0 Å². The number of imidazole rings is 1. The van der Waals surface area contributed by atoms with Crippen molar-refractivity contribution in [2.24, 2.45) is 0 Å². The minimum atomic E-state index is 0.907. The predicted octanol–water partition coefficient (Wildman–Crippen LogP) is 6.73. The molecule has 3 aromatic carbocycles. The Bertz CT molecular complexity index is 2070. The number of benzene rings is 3. The number of rotatable bonds is 0. The maximum Gasteiger partial charge on any atom is 0.146 e. The fourth-order valence-corrected chi connectivity index (χ4v) is 6.53. The average Bonchev–Trinajstić information content (AvgIpc) is 3.58. The Morgan fingerprint density at radius 2 is 1.46 bits per heavy atom. The maximum absolute atomic E-state index is 5.02. The summed E-state index contributed by atoms with van der Waals surface area (Å²) >= 11 is 0. The van der Waals surface area contributed by atoms with E-state index in [2.05, 4.69) is 69.0 Å². The first-order valence-corrected chi connectivity index (χ1v) is 12.0. The zero-order chi connectivity index (χ0) is 22.7. The fourth-order valence-electron chi connectivity index (χ4n) is 6.53. The highest BCUT2D eigenvalue weighted by Gasteiger charge is 2.27. The SMILES string of the molecule is c1ccc2c(c1)Cc1cc3c(cc1-2)Cc1c-3ccc2c1c1ccncc1n1c3ccncc3nc21. The summed E-state index contributed by atoms with van der Waals surface area (Å²) in [5.74, 6) is 0. The molecule has 162 valence electrons. The van der Waals surface area contributed by atoms with Crippen LogP contribution in [0.2, 0.25) is 0 Å². The fraction of sp³-hybridized carbons (Fsp3) is 0.0645. The van der Waals surface area contributed by atoms with E-state index in [1.807, 2.05) is 30.9 Å². The Labute approximate surface area is 200 Å². The molecule has 0 fully saturated rings. The van der Waals surface area contributed by atoms with Gasteiger partial charge in [-0.05, 0) is 93.1 Å². The van der Waals surface area contributed by atoms with E-state index in [1.165, 1.54) is 60.7 Å². The van der Waals surface area contributed by atoms with Crippen molar-refractivity contribution in [3.8, 4) is 22.3 Å². The first kappa shape index (κ1) is 17.8. The molecule has 0 radical (unpaired) electrons. The highest BCUT2D eigenvalue weighted by molar-refractivity contribution is 6.17. The van der Waals surface area contributed by atoms with Crippen LogP contribution in [-0.2, 0) is 12.8 Å². The van der Waals surface area contributed by atoms with E-state index in [0.29, 0.717) is 0 Å². The van der Waals surface area contributed by atoms with Crippen LogP contribution in [0.15, 0.2) is 85.5 Å². The molecule has 0 saturated heterocycles. The van der Waals surface area contributed by atoms with Gasteiger partial charge in [0.25, 0.3) is 0 Å². The Morgan fingerprint density at radius 1 is 0.629 bits per heavy atom.